The Hall–Kier alpha value is -2.18. The van der Waals surface area contributed by atoms with Crippen LogP contribution in [0.1, 0.15) is 39.0 Å². The lowest BCUT2D eigenvalue weighted by Crippen LogP contribution is -2.34. The zero-order chi connectivity index (χ0) is 14.3. The number of carbonyl (C=O) groups is 3. The van der Waals surface area contributed by atoms with Crippen LogP contribution in [0.5, 0.6) is 0 Å². The van der Waals surface area contributed by atoms with Crippen molar-refractivity contribution >= 4 is 23.5 Å². The molecule has 1 saturated heterocycles. The molecule has 1 heterocycles. The number of hydrogen-bond donors (Lipinski definition) is 1. The van der Waals surface area contributed by atoms with Crippen LogP contribution in [0.25, 0.3) is 0 Å². The highest BCUT2D eigenvalue weighted by Crippen LogP contribution is 2.12. The summed E-state index contributed by atoms with van der Waals surface area (Å²) in [6.07, 6.45) is 5.42. The molecular formula is C12H16N2O5. The summed E-state index contributed by atoms with van der Waals surface area (Å²) < 4.78 is 0. The molecule has 7 heteroatoms. The van der Waals surface area contributed by atoms with Crippen LogP contribution < -0.4 is 0 Å². The molecule has 0 unspecified atom stereocenters. The van der Waals surface area contributed by atoms with Crippen molar-refractivity contribution in [2.75, 3.05) is 0 Å². The number of hydroxylamine groups is 2. The third kappa shape index (κ3) is 4.20. The fourth-order valence-electron chi connectivity index (χ4n) is 1.44. The second kappa shape index (κ2) is 7.30. The third-order valence-corrected chi connectivity index (χ3v) is 2.47. The number of hydrogen-bond acceptors (Lipinski definition) is 6. The molecule has 0 aromatic heterocycles. The van der Waals surface area contributed by atoms with Gasteiger partial charge in [-0.25, -0.2) is 4.79 Å². The first-order valence-electron chi connectivity index (χ1n) is 6.04. The predicted octanol–water partition coefficient (Wildman–Crippen LogP) is 1.17. The van der Waals surface area contributed by atoms with Crippen molar-refractivity contribution in [2.45, 2.75) is 39.0 Å². The molecule has 0 radical (unpaired) electrons. The molecule has 0 bridgehead atoms. The van der Waals surface area contributed by atoms with E-state index in [1.54, 1.807) is 6.08 Å². The van der Waals surface area contributed by atoms with Gasteiger partial charge < -0.3 is 10.0 Å². The predicted molar refractivity (Wildman–Crippen MR) is 65.1 cm³/mol. The van der Waals surface area contributed by atoms with Crippen molar-refractivity contribution in [1.29, 1.82) is 0 Å². The maximum Gasteiger partial charge on any atom is 0.381 e. The summed E-state index contributed by atoms with van der Waals surface area (Å²) >= 11 is 0. The van der Waals surface area contributed by atoms with E-state index in [1.165, 1.54) is 0 Å². The number of nitrogens with zero attached hydrogens (tertiary/aromatic N) is 2. The monoisotopic (exact) mass is 268 g/mol. The summed E-state index contributed by atoms with van der Waals surface area (Å²) in [5.41, 5.74) is -0.264. The Balaban J connectivity index is 2.55. The smallest absolute Gasteiger partial charge is 0.381 e. The van der Waals surface area contributed by atoms with E-state index in [2.05, 4.69) is 9.99 Å². The topological polar surface area (TPSA) is 96.3 Å². The lowest BCUT2D eigenvalue weighted by molar-refractivity contribution is -0.192. The Labute approximate surface area is 110 Å². The lowest BCUT2D eigenvalue weighted by Gasteiger charge is -2.12. The van der Waals surface area contributed by atoms with Gasteiger partial charge in [0, 0.05) is 19.3 Å². The van der Waals surface area contributed by atoms with Crippen molar-refractivity contribution in [1.82, 2.24) is 5.06 Å². The van der Waals surface area contributed by atoms with Gasteiger partial charge in [-0.05, 0) is 6.42 Å². The van der Waals surface area contributed by atoms with Gasteiger partial charge in [0.2, 0.25) is 0 Å². The van der Waals surface area contributed by atoms with Crippen LogP contribution in [-0.4, -0.2) is 33.8 Å². The number of amides is 2. The Kier molecular flexibility index (Phi) is 5.72. The second-order valence-corrected chi connectivity index (χ2v) is 3.97. The molecule has 19 heavy (non-hydrogen) atoms. The van der Waals surface area contributed by atoms with Crippen molar-refractivity contribution in [3.8, 4) is 0 Å². The summed E-state index contributed by atoms with van der Waals surface area (Å²) in [6.45, 7) is 2.00. The minimum absolute atomic E-state index is 0.0219. The minimum Gasteiger partial charge on any atom is -0.410 e. The standard InChI is InChI=1S/C12H16N2O5/c1-2-3-4-5-6-9(13-18)12(17)19-14-10(15)7-8-11(14)16/h4-5,18H,2-3,6-8H2,1H3/b5-4+,13-9+. The zero-order valence-corrected chi connectivity index (χ0v) is 10.7. The van der Waals surface area contributed by atoms with Gasteiger partial charge in [0.15, 0.2) is 5.71 Å². The number of allylic oxidation sites excluding steroid dienone is 2. The molecule has 104 valence electrons. The first kappa shape index (κ1) is 14.9. The van der Waals surface area contributed by atoms with Crippen LogP contribution in [-0.2, 0) is 19.2 Å². The molecule has 0 spiro atoms. The van der Waals surface area contributed by atoms with Crippen LogP contribution in [0, 0.1) is 0 Å². The van der Waals surface area contributed by atoms with E-state index >= 15 is 0 Å². The van der Waals surface area contributed by atoms with E-state index < -0.39 is 17.8 Å². The molecule has 1 fully saturated rings. The summed E-state index contributed by atoms with van der Waals surface area (Å²) in [4.78, 5) is 38.7. The quantitative estimate of drug-likeness (QED) is 0.256. The van der Waals surface area contributed by atoms with Gasteiger partial charge in [-0.2, -0.15) is 0 Å². The number of imide groups is 1. The van der Waals surface area contributed by atoms with Crippen LogP contribution in [0.2, 0.25) is 0 Å². The number of unbranched alkanes of at least 4 members (excludes halogenated alkanes) is 1. The Morgan fingerprint density at radius 2 is 2.00 bits per heavy atom. The van der Waals surface area contributed by atoms with E-state index in [1.807, 2.05) is 13.0 Å². The molecule has 0 aromatic rings. The van der Waals surface area contributed by atoms with E-state index in [4.69, 9.17) is 5.21 Å². The summed E-state index contributed by atoms with van der Waals surface area (Å²) in [5, 5.41) is 12.0. The highest BCUT2D eigenvalue weighted by Gasteiger charge is 2.33. The van der Waals surface area contributed by atoms with Crippen LogP contribution in [0.15, 0.2) is 17.3 Å². The van der Waals surface area contributed by atoms with Gasteiger partial charge in [-0.15, -0.1) is 5.06 Å². The molecule has 0 saturated carbocycles. The van der Waals surface area contributed by atoms with Crippen LogP contribution in [0.4, 0.5) is 0 Å². The summed E-state index contributed by atoms with van der Waals surface area (Å²) in [6, 6.07) is 0. The largest absolute Gasteiger partial charge is 0.410 e. The first-order chi connectivity index (χ1) is 9.10. The minimum atomic E-state index is -1.01. The molecule has 0 aromatic carbocycles. The van der Waals surface area contributed by atoms with E-state index in [9.17, 15) is 14.4 Å². The Morgan fingerprint density at radius 1 is 1.37 bits per heavy atom. The van der Waals surface area contributed by atoms with Gasteiger partial charge in [0.1, 0.15) is 0 Å². The Bertz CT molecular complexity index is 412. The van der Waals surface area contributed by atoms with Crippen molar-refractivity contribution in [2.24, 2.45) is 5.16 Å². The van der Waals surface area contributed by atoms with Gasteiger partial charge in [-0.3, -0.25) is 9.59 Å². The van der Waals surface area contributed by atoms with E-state index in [0.717, 1.165) is 12.8 Å². The highest BCUT2D eigenvalue weighted by atomic mass is 16.7. The molecule has 0 aliphatic carbocycles. The van der Waals surface area contributed by atoms with Gasteiger partial charge in [0.25, 0.3) is 11.8 Å². The number of carbonyl (C=O) groups excluding carboxylic acids is 3. The molecule has 2 amide bonds. The second-order valence-electron chi connectivity index (χ2n) is 3.97. The van der Waals surface area contributed by atoms with Gasteiger partial charge in [0.05, 0.1) is 0 Å². The van der Waals surface area contributed by atoms with Crippen molar-refractivity contribution in [3.63, 3.8) is 0 Å². The highest BCUT2D eigenvalue weighted by molar-refractivity contribution is 6.36. The third-order valence-electron chi connectivity index (χ3n) is 2.47. The van der Waals surface area contributed by atoms with Crippen LogP contribution >= 0.6 is 0 Å². The SMILES string of the molecule is CCC/C=C/C/C(=N\O)C(=O)ON1C(=O)CCC1=O. The zero-order valence-electron chi connectivity index (χ0n) is 10.7. The van der Waals surface area contributed by atoms with Crippen molar-refractivity contribution in [3.05, 3.63) is 12.2 Å². The maximum atomic E-state index is 11.6. The Morgan fingerprint density at radius 3 is 2.53 bits per heavy atom. The number of rotatable bonds is 6. The average molecular weight is 268 g/mol. The first-order valence-corrected chi connectivity index (χ1v) is 6.04. The average Bonchev–Trinajstić information content (AvgIpc) is 2.70. The summed E-state index contributed by atoms with van der Waals surface area (Å²) in [7, 11) is 0. The lowest BCUT2D eigenvalue weighted by atomic mass is 10.2. The van der Waals surface area contributed by atoms with Gasteiger partial charge in [-0.1, -0.05) is 30.7 Å². The molecule has 1 aliphatic rings. The molecular weight excluding hydrogens is 252 g/mol. The summed E-state index contributed by atoms with van der Waals surface area (Å²) in [5.74, 6) is -2.15. The fraction of sp³-hybridized carbons (Fsp3) is 0.500. The fourth-order valence-corrected chi connectivity index (χ4v) is 1.44. The number of oxime groups is 1. The van der Waals surface area contributed by atoms with Crippen LogP contribution in [0.3, 0.4) is 0 Å². The van der Waals surface area contributed by atoms with Gasteiger partial charge >= 0.3 is 5.97 Å². The molecule has 1 aliphatic heterocycles. The molecule has 1 rings (SSSR count). The van der Waals surface area contributed by atoms with E-state index in [-0.39, 0.29) is 25.0 Å². The van der Waals surface area contributed by atoms with Crippen molar-refractivity contribution < 1.29 is 24.4 Å². The molecule has 7 nitrogen and oxygen atoms in total. The van der Waals surface area contributed by atoms with E-state index in [0.29, 0.717) is 5.06 Å². The normalized spacial score (nSPS) is 16.5. The molecule has 0 atom stereocenters. The maximum absolute atomic E-state index is 11.6. The molecule has 1 N–H and O–H groups in total.